The van der Waals surface area contributed by atoms with E-state index in [0.29, 0.717) is 0 Å². The van der Waals surface area contributed by atoms with E-state index >= 15 is 0 Å². The zero-order valence-electron chi connectivity index (χ0n) is 10.6. The van der Waals surface area contributed by atoms with Crippen molar-refractivity contribution in [3.63, 3.8) is 0 Å². The number of hydrogen-bond acceptors (Lipinski definition) is 1. The molecule has 0 aliphatic rings. The first-order chi connectivity index (χ1) is 8.88. The largest absolute Gasteiger partial charge is 0.399 e. The third-order valence-electron chi connectivity index (χ3n) is 2.92. The van der Waals surface area contributed by atoms with Crippen LogP contribution >= 0.6 is 0 Å². The van der Waals surface area contributed by atoms with Crippen molar-refractivity contribution in [3.05, 3.63) is 66.6 Å². The third kappa shape index (κ3) is 2.70. The summed E-state index contributed by atoms with van der Waals surface area (Å²) in [6, 6.07) is 15.6. The smallest absolute Gasteiger partial charge is 0.0494 e. The first-order valence-corrected chi connectivity index (χ1v) is 6.07. The van der Waals surface area contributed by atoms with Crippen LogP contribution < -0.4 is 0 Å². The summed E-state index contributed by atoms with van der Waals surface area (Å²) in [7, 11) is 0. The maximum atomic E-state index is 4.28. The second kappa shape index (κ2) is 6.00. The first-order valence-electron chi connectivity index (χ1n) is 6.07. The zero-order chi connectivity index (χ0) is 12.4. The molecule has 0 N–H and O–H groups in total. The van der Waals surface area contributed by atoms with Crippen molar-refractivity contribution >= 4 is 0 Å². The van der Waals surface area contributed by atoms with Gasteiger partial charge in [-0.05, 0) is 18.2 Å². The summed E-state index contributed by atoms with van der Waals surface area (Å²) in [5.74, 6) is 0.947. The van der Waals surface area contributed by atoms with Crippen molar-refractivity contribution < 1.29 is 20.1 Å². The van der Waals surface area contributed by atoms with Crippen LogP contribution in [0.15, 0.2) is 55.0 Å². The number of benzene rings is 1. The van der Waals surface area contributed by atoms with E-state index in [2.05, 4.69) is 41.0 Å². The molecule has 0 amide bonds. The fraction of sp³-hybridized carbons (Fsp3) is 0.133. The Labute approximate surface area is 126 Å². The summed E-state index contributed by atoms with van der Waals surface area (Å²) in [4.78, 5) is 0. The molecule has 2 aromatic heterocycles. The normalized spacial score (nSPS) is 10.2. The summed E-state index contributed by atoms with van der Waals surface area (Å²) in [6.07, 6.45) is 6.80. The van der Waals surface area contributed by atoms with E-state index in [1.807, 2.05) is 35.1 Å². The minimum atomic E-state index is 0. The molecule has 2 heterocycles. The van der Waals surface area contributed by atoms with Crippen LogP contribution in [-0.4, -0.2) is 14.3 Å². The molecule has 0 bridgehead atoms. The average molecular weight is 429 g/mol. The van der Waals surface area contributed by atoms with E-state index in [0.717, 1.165) is 17.9 Å². The molecule has 0 saturated heterocycles. The Morgan fingerprint density at radius 2 is 1.95 bits per heavy atom. The fourth-order valence-electron chi connectivity index (χ4n) is 1.98. The molecular formula is C15H14IrN3-. The molecule has 0 atom stereocenters. The predicted molar refractivity (Wildman–Crippen MR) is 71.1 cm³/mol. The molecule has 0 fully saturated rings. The van der Waals surface area contributed by atoms with Gasteiger partial charge in [-0.1, -0.05) is 31.5 Å². The molecule has 0 aliphatic carbocycles. The van der Waals surface area contributed by atoms with Crippen LogP contribution in [0.1, 0.15) is 12.5 Å². The van der Waals surface area contributed by atoms with Crippen molar-refractivity contribution in [3.8, 4) is 11.5 Å². The minimum Gasteiger partial charge on any atom is -0.399 e. The standard InChI is InChI=1S/C15H14N3.Ir/c1-2-13-11-15(18-10-6-9-16-18)17(12-13)14-7-4-3-5-8-14;/h3-10,12H,2H2,1H3;/q-1;. The van der Waals surface area contributed by atoms with Crippen LogP contribution in [0.5, 0.6) is 0 Å². The molecule has 1 radical (unpaired) electrons. The van der Waals surface area contributed by atoms with Gasteiger partial charge < -0.3 is 4.57 Å². The SMILES string of the molecule is CCc1[c-]c(-n2cccn2)n(-c2ccccc2)c1.[Ir]. The number of nitrogens with zero attached hydrogens (tertiary/aromatic N) is 3. The van der Waals surface area contributed by atoms with Crippen LogP contribution in [0, 0.1) is 6.07 Å². The number of para-hydroxylation sites is 1. The molecule has 19 heavy (non-hydrogen) atoms. The monoisotopic (exact) mass is 429 g/mol. The van der Waals surface area contributed by atoms with Crippen molar-refractivity contribution in [2.75, 3.05) is 0 Å². The Morgan fingerprint density at radius 1 is 1.16 bits per heavy atom. The van der Waals surface area contributed by atoms with Crippen LogP contribution in [0.2, 0.25) is 0 Å². The van der Waals surface area contributed by atoms with Gasteiger partial charge in [0.05, 0.1) is 0 Å². The number of aryl methyl sites for hydroxylation is 1. The Morgan fingerprint density at radius 3 is 2.58 bits per heavy atom. The van der Waals surface area contributed by atoms with Gasteiger partial charge in [-0.25, -0.2) is 16.3 Å². The van der Waals surface area contributed by atoms with E-state index in [1.165, 1.54) is 5.56 Å². The summed E-state index contributed by atoms with van der Waals surface area (Å²) >= 11 is 0. The van der Waals surface area contributed by atoms with Crippen LogP contribution in [-0.2, 0) is 26.5 Å². The van der Waals surface area contributed by atoms with Gasteiger partial charge in [0.2, 0.25) is 0 Å². The van der Waals surface area contributed by atoms with Crippen LogP contribution in [0.4, 0.5) is 0 Å². The van der Waals surface area contributed by atoms with E-state index in [1.54, 1.807) is 6.20 Å². The van der Waals surface area contributed by atoms with E-state index < -0.39 is 0 Å². The summed E-state index contributed by atoms with van der Waals surface area (Å²) in [5.41, 5.74) is 2.31. The maximum absolute atomic E-state index is 4.28. The minimum absolute atomic E-state index is 0. The van der Waals surface area contributed by atoms with E-state index in [-0.39, 0.29) is 20.1 Å². The van der Waals surface area contributed by atoms with Crippen molar-refractivity contribution in [2.45, 2.75) is 13.3 Å². The van der Waals surface area contributed by atoms with Gasteiger partial charge in [0, 0.05) is 44.0 Å². The average Bonchev–Trinajstić information content (AvgIpc) is 3.08. The van der Waals surface area contributed by atoms with Gasteiger partial charge in [-0.15, -0.1) is 6.20 Å². The van der Waals surface area contributed by atoms with Gasteiger partial charge in [-0.2, -0.15) is 5.10 Å². The third-order valence-corrected chi connectivity index (χ3v) is 2.92. The quantitative estimate of drug-likeness (QED) is 0.588. The molecule has 3 nitrogen and oxygen atoms in total. The van der Waals surface area contributed by atoms with Crippen molar-refractivity contribution in [1.82, 2.24) is 14.3 Å². The summed E-state index contributed by atoms with van der Waals surface area (Å²) < 4.78 is 3.96. The second-order valence-corrected chi connectivity index (χ2v) is 4.11. The van der Waals surface area contributed by atoms with Crippen LogP contribution in [0.25, 0.3) is 11.5 Å². The Bertz CT molecular complexity index is 627. The predicted octanol–water partition coefficient (Wildman–Crippen LogP) is 3.02. The molecule has 99 valence electrons. The summed E-state index contributed by atoms with van der Waals surface area (Å²) in [6.45, 7) is 2.13. The molecular weight excluding hydrogens is 414 g/mol. The van der Waals surface area contributed by atoms with Crippen LogP contribution in [0.3, 0.4) is 0 Å². The Kier molecular flexibility index (Phi) is 4.35. The van der Waals surface area contributed by atoms with E-state index in [9.17, 15) is 0 Å². The van der Waals surface area contributed by atoms with E-state index in [4.69, 9.17) is 0 Å². The van der Waals surface area contributed by atoms with Gasteiger partial charge >= 0.3 is 0 Å². The Balaban J connectivity index is 0.00000133. The number of aromatic nitrogens is 3. The van der Waals surface area contributed by atoms with Gasteiger partial charge in [0.1, 0.15) is 0 Å². The van der Waals surface area contributed by atoms with Gasteiger partial charge in [0.25, 0.3) is 0 Å². The molecule has 4 heteroatoms. The topological polar surface area (TPSA) is 22.8 Å². The molecule has 0 aliphatic heterocycles. The van der Waals surface area contributed by atoms with Gasteiger partial charge in [-0.3, -0.25) is 0 Å². The number of hydrogen-bond donors (Lipinski definition) is 0. The second-order valence-electron chi connectivity index (χ2n) is 4.11. The molecule has 1 aromatic carbocycles. The van der Waals surface area contributed by atoms with Gasteiger partial charge in [0.15, 0.2) is 0 Å². The first kappa shape index (κ1) is 13.8. The Hall–Kier alpha value is -1.64. The molecule has 0 unspecified atom stereocenters. The molecule has 0 saturated carbocycles. The molecule has 3 rings (SSSR count). The molecule has 0 spiro atoms. The maximum Gasteiger partial charge on any atom is 0.0494 e. The molecule has 3 aromatic rings. The zero-order valence-corrected chi connectivity index (χ0v) is 13.0. The fourth-order valence-corrected chi connectivity index (χ4v) is 1.98. The van der Waals surface area contributed by atoms with Crippen molar-refractivity contribution in [1.29, 1.82) is 0 Å². The van der Waals surface area contributed by atoms with Crippen molar-refractivity contribution in [2.24, 2.45) is 0 Å². The summed E-state index contributed by atoms with van der Waals surface area (Å²) in [5, 5.41) is 4.28. The number of rotatable bonds is 3.